The summed E-state index contributed by atoms with van der Waals surface area (Å²) in [4.78, 5) is 73.0. The topological polar surface area (TPSA) is 237 Å². The maximum atomic E-state index is 13.1. The number of aliphatic hydroxyl groups excluding tert-OH is 1. The van der Waals surface area contributed by atoms with Gasteiger partial charge in [0, 0.05) is 25.7 Å². The molecule has 0 heterocycles. The molecule has 3 unspecified atom stereocenters. The number of phosphoric acid groups is 2. The number of ether oxygens (including phenoxy) is 4. The molecular weight excluding hydrogens is 1290 g/mol. The number of hydrogen-bond acceptors (Lipinski definition) is 15. The molecule has 0 spiro atoms. The van der Waals surface area contributed by atoms with Gasteiger partial charge in [-0.25, -0.2) is 9.13 Å². The van der Waals surface area contributed by atoms with Crippen LogP contribution in [0.2, 0.25) is 0 Å². The molecule has 0 radical (unpaired) electrons. The lowest BCUT2D eigenvalue weighted by Gasteiger charge is -2.21. The van der Waals surface area contributed by atoms with Crippen LogP contribution in [0, 0.1) is 17.8 Å². The summed E-state index contributed by atoms with van der Waals surface area (Å²) in [7, 11) is -9.92. The van der Waals surface area contributed by atoms with Crippen molar-refractivity contribution in [2.24, 2.45) is 17.8 Å². The van der Waals surface area contributed by atoms with Crippen LogP contribution in [0.1, 0.15) is 414 Å². The van der Waals surface area contributed by atoms with Gasteiger partial charge in [-0.3, -0.25) is 37.3 Å². The van der Waals surface area contributed by atoms with E-state index >= 15 is 0 Å². The Bertz CT molecular complexity index is 1920. The molecule has 0 aliphatic carbocycles. The first-order valence-corrected chi connectivity index (χ1v) is 44.4. The van der Waals surface area contributed by atoms with Crippen LogP contribution in [-0.2, 0) is 65.4 Å². The third-order valence-electron chi connectivity index (χ3n) is 19.0. The molecule has 6 atom stereocenters. The summed E-state index contributed by atoms with van der Waals surface area (Å²) in [5.74, 6) is 0.213. The molecule has 0 rings (SSSR count). The minimum Gasteiger partial charge on any atom is -0.462 e. The molecule has 588 valence electrons. The van der Waals surface area contributed by atoms with Crippen molar-refractivity contribution in [3.8, 4) is 0 Å². The first kappa shape index (κ1) is 97.1. The molecule has 3 N–H and O–H groups in total. The number of esters is 4. The van der Waals surface area contributed by atoms with Crippen LogP contribution >= 0.6 is 15.6 Å². The fraction of sp³-hybridized carbons (Fsp3) is 0.950. The lowest BCUT2D eigenvalue weighted by Crippen LogP contribution is -2.30. The SMILES string of the molecule is CCCCCCCCCCCCCCCCCCCC(=O)OC[C@H](COP(=O)(O)OC[C@@H](O)COP(=O)(O)OC[C@@H](COC(=O)CCCCCCCCCCC(C)CC)OC(=O)CCCCCCCCCCCCC(C)C)OC(=O)CCCCCCCCCCCCCCCCC(C)C. The molecule has 19 heteroatoms. The van der Waals surface area contributed by atoms with Gasteiger partial charge in [-0.2, -0.15) is 0 Å². The van der Waals surface area contributed by atoms with Gasteiger partial charge in [0.2, 0.25) is 0 Å². The zero-order valence-electron chi connectivity index (χ0n) is 65.0. The highest BCUT2D eigenvalue weighted by atomic mass is 31.2. The Kier molecular flexibility index (Phi) is 69.0. The Balaban J connectivity index is 5.26. The normalized spacial score (nSPS) is 14.3. The standard InChI is InChI=1S/C80H156O17P2/c1-8-10-11-12-13-14-15-16-17-18-19-23-26-32-40-47-54-61-77(82)90-67-75(96-79(84)63-56-49-42-33-27-24-21-20-22-25-30-37-44-51-58-71(3)4)69-94-98(86,87)92-65-74(81)66-93-99(88,89)95-70-76(68-91-78(83)62-55-48-41-36-35-39-46-53-60-73(7)9-2)97-80(85)64-57-50-43-34-29-28-31-38-45-52-59-72(5)6/h71-76,81H,8-70H2,1-7H3,(H,86,87)(H,88,89)/t73?,74-,75-,76-/m1/s1. The fourth-order valence-electron chi connectivity index (χ4n) is 12.3. The molecule has 0 aliphatic rings. The largest absolute Gasteiger partial charge is 0.472 e. The van der Waals surface area contributed by atoms with Crippen molar-refractivity contribution in [1.82, 2.24) is 0 Å². The number of aliphatic hydroxyl groups is 1. The van der Waals surface area contributed by atoms with E-state index in [9.17, 15) is 43.2 Å². The van der Waals surface area contributed by atoms with Crippen molar-refractivity contribution in [3.05, 3.63) is 0 Å². The zero-order valence-corrected chi connectivity index (χ0v) is 66.8. The molecule has 0 saturated carbocycles. The molecule has 0 aromatic rings. The molecule has 99 heavy (non-hydrogen) atoms. The van der Waals surface area contributed by atoms with Crippen LogP contribution in [-0.4, -0.2) is 96.7 Å². The molecule has 0 fully saturated rings. The monoisotopic (exact) mass is 1450 g/mol. The summed E-state index contributed by atoms with van der Waals surface area (Å²) in [6.07, 6.45) is 58.2. The second kappa shape index (κ2) is 70.4. The fourth-order valence-corrected chi connectivity index (χ4v) is 13.9. The van der Waals surface area contributed by atoms with Crippen LogP contribution in [0.25, 0.3) is 0 Å². The van der Waals surface area contributed by atoms with Crippen molar-refractivity contribution in [2.75, 3.05) is 39.6 Å². The molecule has 0 aliphatic heterocycles. The van der Waals surface area contributed by atoms with Gasteiger partial charge >= 0.3 is 39.5 Å². The molecule has 0 saturated heterocycles. The first-order chi connectivity index (χ1) is 47.8. The van der Waals surface area contributed by atoms with E-state index < -0.39 is 97.5 Å². The highest BCUT2D eigenvalue weighted by Crippen LogP contribution is 2.45. The Labute approximate surface area is 607 Å². The van der Waals surface area contributed by atoms with Gasteiger partial charge in [0.1, 0.15) is 19.3 Å². The number of rotatable bonds is 78. The first-order valence-electron chi connectivity index (χ1n) is 41.4. The van der Waals surface area contributed by atoms with Crippen molar-refractivity contribution >= 4 is 39.5 Å². The van der Waals surface area contributed by atoms with Crippen LogP contribution in [0.15, 0.2) is 0 Å². The third kappa shape index (κ3) is 72.8. The summed E-state index contributed by atoms with van der Waals surface area (Å²) >= 11 is 0. The van der Waals surface area contributed by atoms with Gasteiger partial charge in [0.25, 0.3) is 0 Å². The minimum absolute atomic E-state index is 0.105. The van der Waals surface area contributed by atoms with Crippen LogP contribution in [0.5, 0.6) is 0 Å². The maximum Gasteiger partial charge on any atom is 0.472 e. The van der Waals surface area contributed by atoms with E-state index in [4.69, 9.17) is 37.0 Å². The minimum atomic E-state index is -4.96. The Morgan fingerprint density at radius 2 is 0.515 bits per heavy atom. The van der Waals surface area contributed by atoms with E-state index in [1.165, 1.54) is 225 Å². The molecule has 0 aromatic heterocycles. The van der Waals surface area contributed by atoms with Crippen molar-refractivity contribution in [2.45, 2.75) is 433 Å². The van der Waals surface area contributed by atoms with Gasteiger partial charge in [-0.15, -0.1) is 0 Å². The molecule has 0 aromatic carbocycles. The van der Waals surface area contributed by atoms with Crippen LogP contribution in [0.4, 0.5) is 0 Å². The highest BCUT2D eigenvalue weighted by molar-refractivity contribution is 7.47. The van der Waals surface area contributed by atoms with Gasteiger partial charge < -0.3 is 33.8 Å². The second-order valence-electron chi connectivity index (χ2n) is 30.0. The smallest absolute Gasteiger partial charge is 0.462 e. The lowest BCUT2D eigenvalue weighted by molar-refractivity contribution is -0.161. The highest BCUT2D eigenvalue weighted by Gasteiger charge is 2.30. The van der Waals surface area contributed by atoms with Gasteiger partial charge in [-0.1, -0.05) is 363 Å². The van der Waals surface area contributed by atoms with Crippen molar-refractivity contribution in [3.63, 3.8) is 0 Å². The summed E-state index contributed by atoms with van der Waals surface area (Å²) < 4.78 is 68.7. The van der Waals surface area contributed by atoms with E-state index in [0.717, 1.165) is 108 Å². The predicted molar refractivity (Wildman–Crippen MR) is 405 cm³/mol. The van der Waals surface area contributed by atoms with Crippen LogP contribution in [0.3, 0.4) is 0 Å². The average molecular weight is 1450 g/mol. The van der Waals surface area contributed by atoms with E-state index in [1.54, 1.807) is 0 Å². The van der Waals surface area contributed by atoms with E-state index in [-0.39, 0.29) is 25.7 Å². The summed E-state index contributed by atoms with van der Waals surface area (Å²) in [5.41, 5.74) is 0. The summed E-state index contributed by atoms with van der Waals surface area (Å²) in [5, 5.41) is 10.6. The van der Waals surface area contributed by atoms with Crippen molar-refractivity contribution < 1.29 is 80.2 Å². The Hall–Kier alpha value is -1.94. The zero-order chi connectivity index (χ0) is 73.0. The summed E-state index contributed by atoms with van der Waals surface area (Å²) in [6.45, 7) is 11.9. The van der Waals surface area contributed by atoms with Gasteiger partial charge in [0.15, 0.2) is 12.2 Å². The average Bonchev–Trinajstić information content (AvgIpc) is 1.00. The molecule has 17 nitrogen and oxygen atoms in total. The van der Waals surface area contributed by atoms with E-state index in [1.807, 2.05) is 0 Å². The molecule has 0 amide bonds. The molecule has 0 bridgehead atoms. The van der Waals surface area contributed by atoms with E-state index in [0.29, 0.717) is 25.7 Å². The Morgan fingerprint density at radius 3 is 0.768 bits per heavy atom. The van der Waals surface area contributed by atoms with E-state index in [2.05, 4.69) is 48.5 Å². The third-order valence-corrected chi connectivity index (χ3v) is 20.9. The van der Waals surface area contributed by atoms with Gasteiger partial charge in [-0.05, 0) is 43.4 Å². The van der Waals surface area contributed by atoms with Gasteiger partial charge in [0.05, 0.1) is 26.4 Å². The molecular formula is C80H156O17P2. The second-order valence-corrected chi connectivity index (χ2v) is 32.9. The van der Waals surface area contributed by atoms with Crippen LogP contribution < -0.4 is 0 Å². The van der Waals surface area contributed by atoms with Crippen molar-refractivity contribution in [1.29, 1.82) is 0 Å². The Morgan fingerprint density at radius 1 is 0.293 bits per heavy atom. The maximum absolute atomic E-state index is 13.1. The number of unbranched alkanes of at least 4 members (excludes halogenated alkanes) is 45. The quantitative estimate of drug-likeness (QED) is 0.0222. The number of phosphoric ester groups is 2. The lowest BCUT2D eigenvalue weighted by atomic mass is 9.99. The number of carbonyl (C=O) groups is 4. The summed E-state index contributed by atoms with van der Waals surface area (Å²) in [6, 6.07) is 0. The predicted octanol–water partition coefficient (Wildman–Crippen LogP) is 23.7. The number of hydrogen-bond donors (Lipinski definition) is 3. The number of carbonyl (C=O) groups excluding carboxylic acids is 4.